The number of hydrogen-bond donors (Lipinski definition) is 0. The smallest absolute Gasteiger partial charge is 0.426 e. The van der Waals surface area contributed by atoms with Gasteiger partial charge in [0.2, 0.25) is 0 Å². The van der Waals surface area contributed by atoms with Crippen molar-refractivity contribution in [1.29, 1.82) is 0 Å². The van der Waals surface area contributed by atoms with Gasteiger partial charge in [-0.25, -0.2) is 22.0 Å². The Bertz CT molecular complexity index is 1740. The molecule has 44 heavy (non-hydrogen) atoms. The van der Waals surface area contributed by atoms with Gasteiger partial charge in [0.25, 0.3) is 0 Å². The van der Waals surface area contributed by atoms with E-state index in [-0.39, 0.29) is 16.7 Å². The zero-order valence-electron chi connectivity index (χ0n) is 23.6. The van der Waals surface area contributed by atoms with Crippen LogP contribution in [0.3, 0.4) is 0 Å². The van der Waals surface area contributed by atoms with E-state index in [9.17, 15) is 26.3 Å². The Kier molecular flexibility index (Phi) is 9.09. The largest absolute Gasteiger partial charge is 0.429 e. The topological polar surface area (TPSA) is 9.23 Å². The van der Waals surface area contributed by atoms with E-state index in [1.165, 1.54) is 30.2 Å². The Balaban J connectivity index is 1.29. The van der Waals surface area contributed by atoms with Gasteiger partial charge in [0.05, 0.1) is 5.56 Å². The molecule has 0 radical (unpaired) electrons. The molecular formula is C36H27F7O. The van der Waals surface area contributed by atoms with Crippen LogP contribution in [-0.2, 0) is 12.5 Å². The van der Waals surface area contributed by atoms with Gasteiger partial charge < -0.3 is 4.74 Å². The van der Waals surface area contributed by atoms with Gasteiger partial charge in [0, 0.05) is 17.2 Å². The monoisotopic (exact) mass is 608 g/mol. The molecule has 0 heterocycles. The highest BCUT2D eigenvalue weighted by molar-refractivity contribution is 5.71. The highest BCUT2D eigenvalue weighted by Gasteiger charge is 2.35. The molecule has 0 aliphatic carbocycles. The SMILES string of the molecule is CCCCCc1ccc(-c2ccc(-c3ccc(C(F)(F)Oc4ccc(-c5cc(F)c(F)c(F)c5)c(F)c4)cc3)c(F)c2)cc1. The molecular weight excluding hydrogens is 581 g/mol. The van der Waals surface area contributed by atoms with Crippen LogP contribution in [0.25, 0.3) is 33.4 Å². The molecule has 0 saturated carbocycles. The molecule has 0 aliphatic rings. The molecule has 1 nitrogen and oxygen atoms in total. The maximum absolute atomic E-state index is 15.1. The number of unbranched alkanes of at least 4 members (excludes halogenated alkanes) is 2. The van der Waals surface area contributed by atoms with Crippen molar-refractivity contribution >= 4 is 0 Å². The second-order valence-electron chi connectivity index (χ2n) is 10.4. The third kappa shape index (κ3) is 6.80. The maximum atomic E-state index is 15.1. The summed E-state index contributed by atoms with van der Waals surface area (Å²) in [5.41, 5.74) is 2.16. The second kappa shape index (κ2) is 13.0. The molecule has 0 N–H and O–H groups in total. The fourth-order valence-electron chi connectivity index (χ4n) is 4.93. The van der Waals surface area contributed by atoms with Gasteiger partial charge in [0.15, 0.2) is 17.5 Å². The summed E-state index contributed by atoms with van der Waals surface area (Å²) >= 11 is 0. The van der Waals surface area contributed by atoms with E-state index in [1.807, 2.05) is 24.3 Å². The molecule has 0 saturated heterocycles. The number of ether oxygens (including phenoxy) is 1. The van der Waals surface area contributed by atoms with Gasteiger partial charge in [-0.05, 0) is 83.1 Å². The number of aryl methyl sites for hydroxylation is 1. The number of alkyl halides is 2. The summed E-state index contributed by atoms with van der Waals surface area (Å²) in [7, 11) is 0. The third-order valence-electron chi connectivity index (χ3n) is 7.34. The van der Waals surface area contributed by atoms with Gasteiger partial charge in [-0.1, -0.05) is 68.3 Å². The van der Waals surface area contributed by atoms with Crippen LogP contribution in [-0.4, -0.2) is 0 Å². The van der Waals surface area contributed by atoms with Crippen LogP contribution in [0.4, 0.5) is 30.7 Å². The van der Waals surface area contributed by atoms with Crippen LogP contribution >= 0.6 is 0 Å². The van der Waals surface area contributed by atoms with Crippen LogP contribution in [0, 0.1) is 29.1 Å². The molecule has 0 aliphatic heterocycles. The number of rotatable bonds is 10. The summed E-state index contributed by atoms with van der Waals surface area (Å²) in [5.74, 6) is -6.93. The van der Waals surface area contributed by atoms with Gasteiger partial charge in [0.1, 0.15) is 17.4 Å². The fraction of sp³-hybridized carbons (Fsp3) is 0.167. The lowest BCUT2D eigenvalue weighted by Gasteiger charge is -2.19. The van der Waals surface area contributed by atoms with Crippen molar-refractivity contribution in [2.24, 2.45) is 0 Å². The van der Waals surface area contributed by atoms with Crippen molar-refractivity contribution in [3.63, 3.8) is 0 Å². The average Bonchev–Trinajstić information content (AvgIpc) is 3.00. The minimum atomic E-state index is -3.90. The molecule has 0 bridgehead atoms. The van der Waals surface area contributed by atoms with Gasteiger partial charge in [-0.2, -0.15) is 8.78 Å². The van der Waals surface area contributed by atoms with Crippen LogP contribution in [0.5, 0.6) is 5.75 Å². The minimum absolute atomic E-state index is 0.229. The Hall–Kier alpha value is -4.59. The standard InChI is InChI=1S/C36H27F7O/c1-2-3-4-5-22-6-8-23(9-7-22)25-12-16-29(31(37)18-25)24-10-13-27(14-11-24)36(42,43)44-28-15-17-30(32(38)21-28)26-19-33(39)35(41)34(40)20-26/h6-21H,2-5H2,1H3. The van der Waals surface area contributed by atoms with E-state index in [0.29, 0.717) is 29.3 Å². The van der Waals surface area contributed by atoms with E-state index in [1.54, 1.807) is 12.1 Å². The first-order chi connectivity index (χ1) is 21.1. The van der Waals surface area contributed by atoms with Crippen LogP contribution < -0.4 is 4.74 Å². The van der Waals surface area contributed by atoms with Gasteiger partial charge >= 0.3 is 6.11 Å². The van der Waals surface area contributed by atoms with Gasteiger partial charge in [-0.15, -0.1) is 0 Å². The first kappa shape index (κ1) is 30.9. The van der Waals surface area contributed by atoms with Crippen molar-refractivity contribution in [2.75, 3.05) is 0 Å². The molecule has 5 aromatic carbocycles. The summed E-state index contributed by atoms with van der Waals surface area (Å²) in [6.07, 6.45) is 0.530. The summed E-state index contributed by atoms with van der Waals surface area (Å²) < 4.78 is 105. The molecule has 5 rings (SSSR count). The quantitative estimate of drug-likeness (QED) is 0.0871. The Morgan fingerprint density at radius 3 is 1.70 bits per heavy atom. The Morgan fingerprint density at radius 2 is 1.09 bits per heavy atom. The third-order valence-corrected chi connectivity index (χ3v) is 7.34. The highest BCUT2D eigenvalue weighted by Crippen LogP contribution is 2.36. The van der Waals surface area contributed by atoms with Crippen molar-refractivity contribution in [3.8, 4) is 39.1 Å². The van der Waals surface area contributed by atoms with Crippen molar-refractivity contribution in [2.45, 2.75) is 38.7 Å². The molecule has 0 atom stereocenters. The predicted octanol–water partition coefficient (Wildman–Crippen LogP) is 11.2. The molecule has 0 spiro atoms. The number of halogens is 7. The van der Waals surface area contributed by atoms with Crippen molar-refractivity contribution in [3.05, 3.63) is 137 Å². The van der Waals surface area contributed by atoms with Crippen LogP contribution in [0.1, 0.15) is 37.3 Å². The van der Waals surface area contributed by atoms with Crippen molar-refractivity contribution < 1.29 is 35.5 Å². The Labute approximate surface area is 250 Å². The number of hydrogen-bond acceptors (Lipinski definition) is 1. The van der Waals surface area contributed by atoms with E-state index in [4.69, 9.17) is 4.74 Å². The molecule has 0 aromatic heterocycles. The summed E-state index contributed by atoms with van der Waals surface area (Å²) in [4.78, 5) is 0. The zero-order chi connectivity index (χ0) is 31.4. The van der Waals surface area contributed by atoms with E-state index < -0.39 is 46.5 Å². The number of benzene rings is 5. The minimum Gasteiger partial charge on any atom is -0.429 e. The van der Waals surface area contributed by atoms with Gasteiger partial charge in [-0.3, -0.25) is 0 Å². The van der Waals surface area contributed by atoms with E-state index >= 15 is 4.39 Å². The lowest BCUT2D eigenvalue weighted by molar-refractivity contribution is -0.185. The van der Waals surface area contributed by atoms with Crippen molar-refractivity contribution in [1.82, 2.24) is 0 Å². The zero-order valence-corrected chi connectivity index (χ0v) is 23.6. The molecule has 226 valence electrons. The molecule has 0 amide bonds. The molecule has 8 heteroatoms. The maximum Gasteiger partial charge on any atom is 0.426 e. The average molecular weight is 609 g/mol. The van der Waals surface area contributed by atoms with Crippen LogP contribution in [0.2, 0.25) is 0 Å². The Morgan fingerprint density at radius 1 is 0.545 bits per heavy atom. The lowest BCUT2D eigenvalue weighted by atomic mass is 9.97. The molecule has 0 fully saturated rings. The predicted molar refractivity (Wildman–Crippen MR) is 157 cm³/mol. The first-order valence-corrected chi connectivity index (χ1v) is 14.1. The second-order valence-corrected chi connectivity index (χ2v) is 10.4. The molecule has 5 aromatic rings. The van der Waals surface area contributed by atoms with Crippen LogP contribution in [0.15, 0.2) is 97.1 Å². The molecule has 0 unspecified atom stereocenters. The summed E-state index contributed by atoms with van der Waals surface area (Å²) in [5, 5.41) is 0. The highest BCUT2D eigenvalue weighted by atomic mass is 19.3. The van der Waals surface area contributed by atoms with E-state index in [2.05, 4.69) is 6.92 Å². The lowest BCUT2D eigenvalue weighted by Crippen LogP contribution is -2.21. The fourth-order valence-corrected chi connectivity index (χ4v) is 4.93. The normalized spacial score (nSPS) is 11.5. The summed E-state index contributed by atoms with van der Waals surface area (Å²) in [6.45, 7) is 2.15. The van der Waals surface area contributed by atoms with E-state index in [0.717, 1.165) is 49.1 Å². The summed E-state index contributed by atoms with van der Waals surface area (Å²) in [6, 6.07) is 21.4. The first-order valence-electron chi connectivity index (χ1n) is 14.1.